The van der Waals surface area contributed by atoms with E-state index in [2.05, 4.69) is 9.98 Å². The van der Waals surface area contributed by atoms with Gasteiger partial charge in [0.25, 0.3) is 0 Å². The quantitative estimate of drug-likeness (QED) is 0.401. The molecule has 1 rings (SSSR count). The van der Waals surface area contributed by atoms with Gasteiger partial charge in [0, 0.05) is 11.1 Å². The van der Waals surface area contributed by atoms with Gasteiger partial charge in [-0.2, -0.15) is 4.99 Å². The lowest BCUT2D eigenvalue weighted by molar-refractivity contribution is 0.601. The molecule has 7 N–H and O–H groups in total. The number of guanidine groups is 1. The minimum absolute atomic E-state index is 0.0499. The van der Waals surface area contributed by atoms with Crippen LogP contribution < -0.4 is 16.6 Å². The Morgan fingerprint density at radius 2 is 2.17 bits per heavy atom. The van der Waals surface area contributed by atoms with Gasteiger partial charge in [0.2, 0.25) is 15.2 Å². The van der Waals surface area contributed by atoms with Crippen LogP contribution in [-0.4, -0.2) is 30.8 Å². The van der Waals surface area contributed by atoms with Gasteiger partial charge < -0.3 is 16.9 Å². The number of sulfonamides is 1. The predicted molar refractivity (Wildman–Crippen MR) is 71.6 cm³/mol. The summed E-state index contributed by atoms with van der Waals surface area (Å²) >= 11 is 1.27. The summed E-state index contributed by atoms with van der Waals surface area (Å²) in [5.41, 5.74) is 11.2. The van der Waals surface area contributed by atoms with Crippen molar-refractivity contribution < 1.29 is 8.42 Å². The van der Waals surface area contributed by atoms with E-state index in [4.69, 9.17) is 22.0 Å². The Bertz CT molecular complexity index is 558. The zero-order valence-corrected chi connectivity index (χ0v) is 11.1. The first-order chi connectivity index (χ1) is 8.26. The second-order valence-electron chi connectivity index (χ2n) is 3.57. The summed E-state index contributed by atoms with van der Waals surface area (Å²) in [4.78, 5) is 7.89. The topological polar surface area (TPSA) is 161 Å². The normalized spacial score (nSPS) is 11.2. The highest BCUT2D eigenvalue weighted by Gasteiger charge is 2.09. The number of nitrogens with zero attached hydrogens (tertiary/aromatic N) is 2. The average molecular weight is 290 g/mol. The molecular formula is C8H14N6O2S2. The van der Waals surface area contributed by atoms with Crippen LogP contribution in [0.15, 0.2) is 10.4 Å². The van der Waals surface area contributed by atoms with Crippen LogP contribution >= 0.6 is 11.3 Å². The number of nitrogens with two attached hydrogens (primary N) is 3. The van der Waals surface area contributed by atoms with Crippen molar-refractivity contribution in [1.29, 1.82) is 5.41 Å². The van der Waals surface area contributed by atoms with Gasteiger partial charge in [0.1, 0.15) is 5.75 Å². The van der Waals surface area contributed by atoms with Crippen LogP contribution in [0.4, 0.5) is 5.13 Å². The van der Waals surface area contributed by atoms with Crippen molar-refractivity contribution in [2.75, 3.05) is 5.75 Å². The second-order valence-corrected chi connectivity index (χ2v) is 6.02. The number of aromatic nitrogens is 1. The Morgan fingerprint density at radius 1 is 1.50 bits per heavy atom. The number of thiazole rings is 1. The van der Waals surface area contributed by atoms with E-state index in [0.29, 0.717) is 17.2 Å². The SMILES string of the molecule is N=C(CCc1csc(N=C(N)N)n1)CS(N)(=O)=O. The van der Waals surface area contributed by atoms with Crippen LogP contribution in [0.25, 0.3) is 0 Å². The third kappa shape index (κ3) is 5.70. The van der Waals surface area contributed by atoms with Gasteiger partial charge in [-0.3, -0.25) is 0 Å². The summed E-state index contributed by atoms with van der Waals surface area (Å²) in [6, 6.07) is 0. The van der Waals surface area contributed by atoms with Gasteiger partial charge in [-0.15, -0.1) is 11.3 Å². The molecule has 0 aliphatic carbocycles. The van der Waals surface area contributed by atoms with Crippen molar-refractivity contribution in [2.45, 2.75) is 12.8 Å². The van der Waals surface area contributed by atoms with Crippen LogP contribution in [0.2, 0.25) is 0 Å². The molecule has 10 heteroatoms. The molecule has 0 aliphatic rings. The maximum Gasteiger partial charge on any atom is 0.214 e. The van der Waals surface area contributed by atoms with Crippen molar-refractivity contribution in [1.82, 2.24) is 4.98 Å². The first-order valence-electron chi connectivity index (χ1n) is 4.87. The Balaban J connectivity index is 2.52. The van der Waals surface area contributed by atoms with Crippen molar-refractivity contribution in [3.05, 3.63) is 11.1 Å². The van der Waals surface area contributed by atoms with Crippen molar-refractivity contribution in [3.8, 4) is 0 Å². The standard InChI is InChI=1S/C8H14N6O2S2/c9-5(4-18(12,15)16)1-2-6-3-17-8(13-6)14-7(10)11/h3,9H,1-2,4H2,(H2,12,15,16)(H4,10,11,13,14). The summed E-state index contributed by atoms with van der Waals surface area (Å²) in [5.74, 6) is -0.504. The lowest BCUT2D eigenvalue weighted by Gasteiger charge is -2.00. The molecule has 8 nitrogen and oxygen atoms in total. The summed E-state index contributed by atoms with van der Waals surface area (Å²) in [6.07, 6.45) is 0.728. The Labute approximate surface area is 108 Å². The first kappa shape index (κ1) is 14.5. The molecule has 0 radical (unpaired) electrons. The van der Waals surface area contributed by atoms with Gasteiger partial charge in [-0.1, -0.05) is 0 Å². The van der Waals surface area contributed by atoms with E-state index in [1.807, 2.05) is 0 Å². The maximum atomic E-state index is 10.8. The smallest absolute Gasteiger partial charge is 0.214 e. The number of primary sulfonamides is 1. The third-order valence-electron chi connectivity index (χ3n) is 1.82. The number of hydrogen-bond acceptors (Lipinski definition) is 6. The molecule has 0 aliphatic heterocycles. The fourth-order valence-electron chi connectivity index (χ4n) is 1.17. The molecule has 0 saturated heterocycles. The van der Waals surface area contributed by atoms with Crippen LogP contribution in [0.1, 0.15) is 12.1 Å². The monoisotopic (exact) mass is 290 g/mol. The van der Waals surface area contributed by atoms with Crippen LogP contribution in [-0.2, 0) is 16.4 Å². The van der Waals surface area contributed by atoms with E-state index in [0.717, 1.165) is 0 Å². The molecule has 1 aromatic heterocycles. The highest BCUT2D eigenvalue weighted by Crippen LogP contribution is 2.19. The Hall–Kier alpha value is -1.52. The van der Waals surface area contributed by atoms with E-state index in [1.54, 1.807) is 5.38 Å². The number of aryl methyl sites for hydroxylation is 1. The molecule has 1 aromatic rings. The van der Waals surface area contributed by atoms with Crippen LogP contribution in [0, 0.1) is 5.41 Å². The van der Waals surface area contributed by atoms with Gasteiger partial charge in [0.15, 0.2) is 5.96 Å². The van der Waals surface area contributed by atoms with E-state index in [-0.39, 0.29) is 18.1 Å². The zero-order chi connectivity index (χ0) is 13.8. The fraction of sp³-hybridized carbons (Fsp3) is 0.375. The number of hydrogen-bond donors (Lipinski definition) is 4. The Morgan fingerprint density at radius 3 is 2.72 bits per heavy atom. The van der Waals surface area contributed by atoms with Crippen LogP contribution in [0.5, 0.6) is 0 Å². The second kappa shape index (κ2) is 5.89. The molecule has 0 fully saturated rings. The van der Waals surface area contributed by atoms with Crippen molar-refractivity contribution in [2.24, 2.45) is 21.6 Å². The summed E-state index contributed by atoms with van der Waals surface area (Å²) in [6.45, 7) is 0. The van der Waals surface area contributed by atoms with E-state index < -0.39 is 15.8 Å². The van der Waals surface area contributed by atoms with E-state index >= 15 is 0 Å². The minimum Gasteiger partial charge on any atom is -0.370 e. The summed E-state index contributed by atoms with van der Waals surface area (Å²) < 4.78 is 21.5. The van der Waals surface area contributed by atoms with Crippen molar-refractivity contribution >= 4 is 38.2 Å². The molecule has 0 unspecified atom stereocenters. The van der Waals surface area contributed by atoms with Gasteiger partial charge >= 0.3 is 0 Å². The zero-order valence-electron chi connectivity index (χ0n) is 9.46. The fourth-order valence-corrected chi connectivity index (χ4v) is 2.54. The highest BCUT2D eigenvalue weighted by molar-refractivity contribution is 7.89. The van der Waals surface area contributed by atoms with E-state index in [1.165, 1.54) is 11.3 Å². The molecule has 0 aromatic carbocycles. The molecule has 0 bridgehead atoms. The minimum atomic E-state index is -3.64. The maximum absolute atomic E-state index is 10.8. The molecule has 100 valence electrons. The highest BCUT2D eigenvalue weighted by atomic mass is 32.2. The molecule has 0 amide bonds. The number of rotatable bonds is 6. The Kier molecular flexibility index (Phi) is 4.76. The third-order valence-corrected chi connectivity index (χ3v) is 3.36. The molecule has 0 atom stereocenters. The van der Waals surface area contributed by atoms with Crippen LogP contribution in [0.3, 0.4) is 0 Å². The lowest BCUT2D eigenvalue weighted by atomic mass is 10.2. The molecule has 1 heterocycles. The summed E-state index contributed by atoms with van der Waals surface area (Å²) in [7, 11) is -3.64. The van der Waals surface area contributed by atoms with Gasteiger partial charge in [-0.05, 0) is 12.8 Å². The van der Waals surface area contributed by atoms with Crippen molar-refractivity contribution in [3.63, 3.8) is 0 Å². The largest absolute Gasteiger partial charge is 0.370 e. The van der Waals surface area contributed by atoms with E-state index in [9.17, 15) is 8.42 Å². The number of aliphatic imine (C=N–C) groups is 1. The number of nitrogens with one attached hydrogen (secondary N) is 1. The molecule has 0 saturated carbocycles. The molecule has 0 spiro atoms. The lowest BCUT2D eigenvalue weighted by Crippen LogP contribution is -2.22. The van der Waals surface area contributed by atoms with Gasteiger partial charge in [-0.25, -0.2) is 18.5 Å². The van der Waals surface area contributed by atoms with Gasteiger partial charge in [0.05, 0.1) is 5.69 Å². The molecular weight excluding hydrogens is 276 g/mol. The summed E-state index contributed by atoms with van der Waals surface area (Å²) in [5, 5.41) is 14.5. The average Bonchev–Trinajstić information content (AvgIpc) is 2.59. The predicted octanol–water partition coefficient (Wildman–Crippen LogP) is -0.711. The molecule has 18 heavy (non-hydrogen) atoms. The first-order valence-corrected chi connectivity index (χ1v) is 7.46.